The highest BCUT2D eigenvalue weighted by Crippen LogP contribution is 2.22. The molecule has 1 aromatic heterocycles. The van der Waals surface area contributed by atoms with E-state index in [-0.39, 0.29) is 11.3 Å². The first kappa shape index (κ1) is 14.5. The molecule has 4 heteroatoms. The lowest BCUT2D eigenvalue weighted by Gasteiger charge is -2.24. The normalized spacial score (nSPS) is 11.5. The number of hydrogen-bond donors (Lipinski definition) is 1. The minimum atomic E-state index is 0.0303. The van der Waals surface area contributed by atoms with Crippen LogP contribution in [-0.2, 0) is 0 Å². The predicted octanol–water partition coefficient (Wildman–Crippen LogP) is 3.83. The smallest absolute Gasteiger partial charge is 0.252 e. The van der Waals surface area contributed by atoms with Gasteiger partial charge in [0.1, 0.15) is 0 Å². The molecule has 0 aliphatic carbocycles. The third kappa shape index (κ3) is 4.68. The molecule has 0 fully saturated rings. The van der Waals surface area contributed by atoms with Crippen LogP contribution >= 0.6 is 22.9 Å². The number of carbonyl (C=O) groups is 1. The lowest BCUT2D eigenvalue weighted by molar-refractivity contribution is 0.0934. The Balaban J connectivity index is 2.45. The fraction of sp³-hybridized carbons (Fsp3) is 0.615. The summed E-state index contributed by atoms with van der Waals surface area (Å²) in [5, 5.41) is 6.89. The number of nitrogens with one attached hydrogen (secondary N) is 1. The van der Waals surface area contributed by atoms with Gasteiger partial charge in [0.25, 0.3) is 5.91 Å². The second-order valence-electron chi connectivity index (χ2n) is 5.11. The number of hydrogen-bond acceptors (Lipinski definition) is 2. The fourth-order valence-corrected chi connectivity index (χ4v) is 2.60. The number of thiophene rings is 1. The average Bonchev–Trinajstić information content (AvgIpc) is 2.70. The first-order chi connectivity index (χ1) is 7.96. The van der Waals surface area contributed by atoms with Crippen LogP contribution in [0.2, 0.25) is 0 Å². The van der Waals surface area contributed by atoms with Gasteiger partial charge in [-0.15, -0.1) is 11.6 Å². The monoisotopic (exact) mass is 273 g/mol. The number of rotatable bonds is 6. The fourth-order valence-electron chi connectivity index (χ4n) is 1.64. The Morgan fingerprint density at radius 3 is 2.71 bits per heavy atom. The molecule has 0 bridgehead atoms. The molecule has 0 radical (unpaired) electrons. The predicted molar refractivity (Wildman–Crippen MR) is 75.1 cm³/mol. The van der Waals surface area contributed by atoms with Crippen molar-refractivity contribution >= 4 is 28.8 Å². The zero-order valence-electron chi connectivity index (χ0n) is 10.7. The molecule has 1 rings (SSSR count). The van der Waals surface area contributed by atoms with E-state index in [1.165, 1.54) is 0 Å². The number of aryl methyl sites for hydroxylation is 1. The van der Waals surface area contributed by atoms with Crippen molar-refractivity contribution in [2.45, 2.75) is 33.6 Å². The summed E-state index contributed by atoms with van der Waals surface area (Å²) in [7, 11) is 0. The minimum Gasteiger partial charge on any atom is -0.351 e. The van der Waals surface area contributed by atoms with Crippen molar-refractivity contribution in [2.24, 2.45) is 5.41 Å². The molecule has 1 amide bonds. The van der Waals surface area contributed by atoms with E-state index >= 15 is 0 Å². The van der Waals surface area contributed by atoms with Gasteiger partial charge in [0.15, 0.2) is 0 Å². The summed E-state index contributed by atoms with van der Waals surface area (Å²) >= 11 is 7.25. The highest BCUT2D eigenvalue weighted by Gasteiger charge is 2.19. The lowest BCUT2D eigenvalue weighted by Crippen LogP contribution is -2.34. The van der Waals surface area contributed by atoms with Gasteiger partial charge in [-0.1, -0.05) is 13.8 Å². The van der Waals surface area contributed by atoms with E-state index in [1.807, 2.05) is 17.7 Å². The van der Waals surface area contributed by atoms with E-state index in [4.69, 9.17) is 11.6 Å². The van der Waals surface area contributed by atoms with Crippen molar-refractivity contribution < 1.29 is 4.79 Å². The molecule has 96 valence electrons. The van der Waals surface area contributed by atoms with Gasteiger partial charge >= 0.3 is 0 Å². The minimum absolute atomic E-state index is 0.0303. The van der Waals surface area contributed by atoms with Gasteiger partial charge in [0.2, 0.25) is 0 Å². The Kier molecular flexibility index (Phi) is 5.47. The second-order valence-corrected chi connectivity index (χ2v) is 6.23. The topological polar surface area (TPSA) is 29.1 Å². The molecule has 1 N–H and O–H groups in total. The molecular formula is C13H20ClNOS. The lowest BCUT2D eigenvalue weighted by atomic mass is 9.88. The quantitative estimate of drug-likeness (QED) is 0.784. The van der Waals surface area contributed by atoms with Crippen LogP contribution in [0.1, 0.15) is 42.6 Å². The maximum absolute atomic E-state index is 11.9. The van der Waals surface area contributed by atoms with Crippen molar-refractivity contribution in [3.05, 3.63) is 21.9 Å². The first-order valence-corrected chi connectivity index (χ1v) is 7.31. The highest BCUT2D eigenvalue weighted by atomic mass is 35.5. The molecule has 0 aliphatic rings. The van der Waals surface area contributed by atoms with Gasteiger partial charge < -0.3 is 5.32 Å². The van der Waals surface area contributed by atoms with E-state index in [9.17, 15) is 4.79 Å². The summed E-state index contributed by atoms with van der Waals surface area (Å²) < 4.78 is 0. The zero-order valence-corrected chi connectivity index (χ0v) is 12.3. The third-order valence-corrected chi connectivity index (χ3v) is 3.94. The maximum Gasteiger partial charge on any atom is 0.252 e. The Morgan fingerprint density at radius 2 is 2.18 bits per heavy atom. The molecule has 0 saturated heterocycles. The second kappa shape index (κ2) is 6.41. The van der Waals surface area contributed by atoms with E-state index < -0.39 is 0 Å². The van der Waals surface area contributed by atoms with Gasteiger partial charge in [-0.05, 0) is 36.1 Å². The molecule has 0 spiro atoms. The van der Waals surface area contributed by atoms with Crippen LogP contribution in [-0.4, -0.2) is 18.3 Å². The number of carbonyl (C=O) groups excluding carboxylic acids is 1. The summed E-state index contributed by atoms with van der Waals surface area (Å²) in [6.07, 6.45) is 2.02. The summed E-state index contributed by atoms with van der Waals surface area (Å²) in [4.78, 5) is 11.9. The van der Waals surface area contributed by atoms with Gasteiger partial charge in [-0.2, -0.15) is 11.3 Å². The van der Waals surface area contributed by atoms with Crippen LogP contribution in [0.4, 0.5) is 0 Å². The van der Waals surface area contributed by atoms with Gasteiger partial charge in [-0.25, -0.2) is 0 Å². The summed E-state index contributed by atoms with van der Waals surface area (Å²) in [5.74, 6) is 0.712. The molecule has 0 saturated carbocycles. The number of alkyl halides is 1. The number of amides is 1. The molecule has 2 nitrogen and oxygen atoms in total. The Labute approximate surface area is 112 Å². The van der Waals surface area contributed by atoms with Crippen LogP contribution in [0.15, 0.2) is 10.8 Å². The SMILES string of the molecule is Cc1cscc1C(=O)NCC(C)(C)CCCCl. The van der Waals surface area contributed by atoms with Gasteiger partial charge in [-0.3, -0.25) is 4.79 Å². The third-order valence-electron chi connectivity index (χ3n) is 2.81. The molecular weight excluding hydrogens is 254 g/mol. The molecule has 0 atom stereocenters. The average molecular weight is 274 g/mol. The van der Waals surface area contributed by atoms with E-state index in [0.717, 1.165) is 24.0 Å². The van der Waals surface area contributed by atoms with Crippen molar-refractivity contribution in [3.63, 3.8) is 0 Å². The van der Waals surface area contributed by atoms with E-state index in [0.29, 0.717) is 12.4 Å². The maximum atomic E-state index is 11.9. The molecule has 0 unspecified atom stereocenters. The Bertz CT molecular complexity index is 373. The standard InChI is InChI=1S/C13H20ClNOS/c1-10-7-17-8-11(10)12(16)15-9-13(2,3)5-4-6-14/h7-8H,4-6,9H2,1-3H3,(H,15,16). The van der Waals surface area contributed by atoms with Crippen LogP contribution in [0.3, 0.4) is 0 Å². The largest absolute Gasteiger partial charge is 0.351 e. The van der Waals surface area contributed by atoms with E-state index in [2.05, 4.69) is 19.2 Å². The first-order valence-electron chi connectivity index (χ1n) is 5.83. The van der Waals surface area contributed by atoms with Crippen LogP contribution in [0.25, 0.3) is 0 Å². The van der Waals surface area contributed by atoms with E-state index in [1.54, 1.807) is 11.3 Å². The Hall–Kier alpha value is -0.540. The molecule has 0 aromatic carbocycles. The summed E-state index contributed by atoms with van der Waals surface area (Å²) in [6.45, 7) is 6.96. The summed E-state index contributed by atoms with van der Waals surface area (Å²) in [6, 6.07) is 0. The van der Waals surface area contributed by atoms with Gasteiger partial charge in [0, 0.05) is 17.8 Å². The molecule has 1 aromatic rings. The van der Waals surface area contributed by atoms with Gasteiger partial charge in [0.05, 0.1) is 5.56 Å². The molecule has 0 aliphatic heterocycles. The molecule has 17 heavy (non-hydrogen) atoms. The van der Waals surface area contributed by atoms with Crippen molar-refractivity contribution in [2.75, 3.05) is 12.4 Å². The summed E-state index contributed by atoms with van der Waals surface area (Å²) in [5.41, 5.74) is 1.95. The van der Waals surface area contributed by atoms with Crippen molar-refractivity contribution in [3.8, 4) is 0 Å². The zero-order chi connectivity index (χ0) is 12.9. The number of halogens is 1. The highest BCUT2D eigenvalue weighted by molar-refractivity contribution is 7.08. The van der Waals surface area contributed by atoms with Crippen molar-refractivity contribution in [1.29, 1.82) is 0 Å². The van der Waals surface area contributed by atoms with Crippen LogP contribution in [0.5, 0.6) is 0 Å². The Morgan fingerprint density at radius 1 is 1.47 bits per heavy atom. The van der Waals surface area contributed by atoms with Crippen molar-refractivity contribution in [1.82, 2.24) is 5.32 Å². The van der Waals surface area contributed by atoms with Crippen LogP contribution < -0.4 is 5.32 Å². The molecule has 1 heterocycles. The van der Waals surface area contributed by atoms with Crippen LogP contribution in [0, 0.1) is 12.3 Å².